The molecule has 1 saturated carbocycles. The van der Waals surface area contributed by atoms with E-state index >= 15 is 0 Å². The van der Waals surface area contributed by atoms with Gasteiger partial charge in [-0.15, -0.1) is 0 Å². The minimum atomic E-state index is 0.0619. The molecule has 1 saturated heterocycles. The molecular formula is C12H19NO. The van der Waals surface area contributed by atoms with Gasteiger partial charge in [-0.1, -0.05) is 19.4 Å². The van der Waals surface area contributed by atoms with Crippen LogP contribution in [0.15, 0.2) is 12.7 Å². The molecule has 1 aliphatic carbocycles. The lowest BCUT2D eigenvalue weighted by Gasteiger charge is -2.39. The minimum Gasteiger partial charge on any atom is -0.304 e. The fourth-order valence-corrected chi connectivity index (χ4v) is 2.86. The molecule has 2 heteroatoms. The van der Waals surface area contributed by atoms with Gasteiger partial charge in [-0.25, -0.2) is 0 Å². The monoisotopic (exact) mass is 193 g/mol. The van der Waals surface area contributed by atoms with E-state index in [-0.39, 0.29) is 11.8 Å². The molecule has 0 aromatic rings. The van der Waals surface area contributed by atoms with Gasteiger partial charge in [-0.3, -0.25) is 4.79 Å². The number of rotatable bonds is 2. The van der Waals surface area contributed by atoms with E-state index in [9.17, 15) is 4.79 Å². The largest absolute Gasteiger partial charge is 0.304 e. The van der Waals surface area contributed by atoms with E-state index in [1.54, 1.807) is 0 Å². The summed E-state index contributed by atoms with van der Waals surface area (Å²) in [5.41, 5.74) is 0. The third-order valence-electron chi connectivity index (χ3n) is 3.70. The first-order chi connectivity index (χ1) is 6.81. The van der Waals surface area contributed by atoms with Crippen molar-refractivity contribution < 1.29 is 4.79 Å². The molecule has 0 aromatic carbocycles. The Balaban J connectivity index is 1.95. The molecule has 1 heterocycles. The van der Waals surface area contributed by atoms with Crippen molar-refractivity contribution in [3.8, 4) is 0 Å². The molecule has 1 aliphatic heterocycles. The number of hydrogen-bond acceptors (Lipinski definition) is 2. The maximum absolute atomic E-state index is 11.5. The summed E-state index contributed by atoms with van der Waals surface area (Å²) in [5, 5.41) is 3.49. The first-order valence-corrected chi connectivity index (χ1v) is 5.73. The van der Waals surface area contributed by atoms with Crippen molar-refractivity contribution in [1.29, 1.82) is 0 Å². The predicted molar refractivity (Wildman–Crippen MR) is 57.1 cm³/mol. The fraction of sp³-hybridized carbons (Fsp3) is 0.750. The van der Waals surface area contributed by atoms with Crippen molar-refractivity contribution >= 4 is 5.78 Å². The van der Waals surface area contributed by atoms with E-state index in [4.69, 9.17) is 0 Å². The molecule has 0 radical (unpaired) electrons. The van der Waals surface area contributed by atoms with Gasteiger partial charge in [-0.2, -0.15) is 0 Å². The standard InChI is InChI=1S/C12H19NO/c1-2-12(14)11-8-7-9-5-3-4-6-10(9)13-11/h2,9-11,13H,1,3-8H2. The summed E-state index contributed by atoms with van der Waals surface area (Å²) < 4.78 is 0. The highest BCUT2D eigenvalue weighted by molar-refractivity contribution is 5.93. The molecule has 2 rings (SSSR count). The highest BCUT2D eigenvalue weighted by atomic mass is 16.1. The van der Waals surface area contributed by atoms with Crippen LogP contribution < -0.4 is 5.32 Å². The Bertz CT molecular complexity index is 236. The van der Waals surface area contributed by atoms with Gasteiger partial charge in [0.1, 0.15) is 0 Å². The van der Waals surface area contributed by atoms with Crippen molar-refractivity contribution in [3.05, 3.63) is 12.7 Å². The van der Waals surface area contributed by atoms with E-state index in [0.29, 0.717) is 6.04 Å². The molecule has 14 heavy (non-hydrogen) atoms. The Hall–Kier alpha value is -0.630. The van der Waals surface area contributed by atoms with E-state index < -0.39 is 0 Å². The SMILES string of the molecule is C=CC(=O)C1CCC2CCCCC2N1. The normalized spacial score (nSPS) is 37.3. The number of carbonyl (C=O) groups is 1. The number of hydrogen-bond donors (Lipinski definition) is 1. The Kier molecular flexibility index (Phi) is 3.02. The maximum atomic E-state index is 11.5. The average molecular weight is 193 g/mol. The zero-order chi connectivity index (χ0) is 9.97. The minimum absolute atomic E-state index is 0.0619. The molecular weight excluding hydrogens is 174 g/mol. The summed E-state index contributed by atoms with van der Waals surface area (Å²) in [5.74, 6) is 1.01. The van der Waals surface area contributed by atoms with Gasteiger partial charge in [0, 0.05) is 6.04 Å². The first kappa shape index (κ1) is 9.91. The lowest BCUT2D eigenvalue weighted by molar-refractivity contribution is -0.117. The highest BCUT2D eigenvalue weighted by Crippen LogP contribution is 2.32. The molecule has 3 unspecified atom stereocenters. The fourth-order valence-electron chi connectivity index (χ4n) is 2.86. The van der Waals surface area contributed by atoms with Gasteiger partial charge in [0.15, 0.2) is 5.78 Å². The van der Waals surface area contributed by atoms with Crippen LogP contribution in [-0.4, -0.2) is 17.9 Å². The molecule has 2 fully saturated rings. The zero-order valence-electron chi connectivity index (χ0n) is 8.67. The van der Waals surface area contributed by atoms with Crippen molar-refractivity contribution in [2.45, 2.75) is 50.6 Å². The molecule has 78 valence electrons. The molecule has 0 amide bonds. The molecule has 0 aromatic heterocycles. The van der Waals surface area contributed by atoms with Crippen LogP contribution in [0.4, 0.5) is 0 Å². The average Bonchev–Trinajstić information content (AvgIpc) is 2.27. The second-order valence-electron chi connectivity index (χ2n) is 4.55. The van der Waals surface area contributed by atoms with Crippen LogP contribution in [0.25, 0.3) is 0 Å². The molecule has 0 bridgehead atoms. The quantitative estimate of drug-likeness (QED) is 0.680. The molecule has 1 N–H and O–H groups in total. The summed E-state index contributed by atoms with van der Waals surface area (Å²) in [6.45, 7) is 3.55. The van der Waals surface area contributed by atoms with Gasteiger partial charge < -0.3 is 5.32 Å². The number of ketones is 1. The van der Waals surface area contributed by atoms with Gasteiger partial charge in [-0.05, 0) is 37.7 Å². The number of carbonyl (C=O) groups excluding carboxylic acids is 1. The van der Waals surface area contributed by atoms with E-state index in [2.05, 4.69) is 11.9 Å². The van der Waals surface area contributed by atoms with Gasteiger partial charge in [0.25, 0.3) is 0 Å². The maximum Gasteiger partial charge on any atom is 0.171 e. The molecule has 0 spiro atoms. The van der Waals surface area contributed by atoms with Gasteiger partial charge in [0.05, 0.1) is 6.04 Å². The predicted octanol–water partition coefficient (Wildman–Crippen LogP) is 2.05. The van der Waals surface area contributed by atoms with Crippen molar-refractivity contribution in [2.24, 2.45) is 5.92 Å². The van der Waals surface area contributed by atoms with Crippen LogP contribution in [-0.2, 0) is 4.79 Å². The molecule has 2 nitrogen and oxygen atoms in total. The number of piperidine rings is 1. The van der Waals surface area contributed by atoms with Crippen molar-refractivity contribution in [3.63, 3.8) is 0 Å². The van der Waals surface area contributed by atoms with Crippen LogP contribution in [0.2, 0.25) is 0 Å². The second kappa shape index (κ2) is 4.26. The first-order valence-electron chi connectivity index (χ1n) is 5.73. The summed E-state index contributed by atoms with van der Waals surface area (Å²) >= 11 is 0. The lowest BCUT2D eigenvalue weighted by atomic mass is 9.77. The van der Waals surface area contributed by atoms with Crippen LogP contribution in [0.5, 0.6) is 0 Å². The smallest absolute Gasteiger partial charge is 0.171 e. The van der Waals surface area contributed by atoms with Crippen molar-refractivity contribution in [2.75, 3.05) is 0 Å². The highest BCUT2D eigenvalue weighted by Gasteiger charge is 2.33. The Morgan fingerprint density at radius 1 is 1.21 bits per heavy atom. The van der Waals surface area contributed by atoms with Crippen LogP contribution in [0.1, 0.15) is 38.5 Å². The van der Waals surface area contributed by atoms with Gasteiger partial charge in [0.2, 0.25) is 0 Å². The summed E-state index contributed by atoms with van der Waals surface area (Å²) in [7, 11) is 0. The topological polar surface area (TPSA) is 29.1 Å². The number of fused-ring (bicyclic) bond motifs is 1. The molecule has 3 atom stereocenters. The Labute approximate surface area is 85.8 Å². The number of nitrogens with one attached hydrogen (secondary N) is 1. The Morgan fingerprint density at radius 3 is 2.79 bits per heavy atom. The van der Waals surface area contributed by atoms with E-state index in [1.165, 1.54) is 38.2 Å². The summed E-state index contributed by atoms with van der Waals surface area (Å²) in [6.07, 6.45) is 9.00. The van der Waals surface area contributed by atoms with Crippen LogP contribution >= 0.6 is 0 Å². The van der Waals surface area contributed by atoms with Crippen LogP contribution in [0.3, 0.4) is 0 Å². The summed E-state index contributed by atoms with van der Waals surface area (Å²) in [4.78, 5) is 11.5. The van der Waals surface area contributed by atoms with E-state index in [0.717, 1.165) is 12.3 Å². The van der Waals surface area contributed by atoms with Gasteiger partial charge >= 0.3 is 0 Å². The van der Waals surface area contributed by atoms with Crippen molar-refractivity contribution in [1.82, 2.24) is 5.32 Å². The lowest BCUT2D eigenvalue weighted by Crippen LogP contribution is -2.51. The summed E-state index contributed by atoms with van der Waals surface area (Å²) in [6, 6.07) is 0.665. The van der Waals surface area contributed by atoms with E-state index in [1.807, 2.05) is 0 Å². The second-order valence-corrected chi connectivity index (χ2v) is 4.55. The third-order valence-corrected chi connectivity index (χ3v) is 3.70. The molecule has 2 aliphatic rings. The zero-order valence-corrected chi connectivity index (χ0v) is 8.67. The Morgan fingerprint density at radius 2 is 2.00 bits per heavy atom. The third kappa shape index (κ3) is 1.90. The van der Waals surface area contributed by atoms with Crippen LogP contribution in [0, 0.1) is 5.92 Å².